The summed E-state index contributed by atoms with van der Waals surface area (Å²) < 4.78 is 7.45. The molecule has 1 unspecified atom stereocenters. The molecule has 3 heterocycles. The predicted molar refractivity (Wildman–Crippen MR) is 88.1 cm³/mol. The fourth-order valence-corrected chi connectivity index (χ4v) is 2.67. The Hall–Kier alpha value is -2.70. The van der Waals surface area contributed by atoms with Gasteiger partial charge in [0.2, 0.25) is 0 Å². The smallest absolute Gasteiger partial charge is 0.274 e. The molecular weight excluding hydrogens is 308 g/mol. The second-order valence-electron chi connectivity index (χ2n) is 6.05. The first-order chi connectivity index (χ1) is 11.4. The number of aromatic nitrogens is 3. The highest BCUT2D eigenvalue weighted by atomic mass is 16.5. The van der Waals surface area contributed by atoms with Crippen molar-refractivity contribution in [3.8, 4) is 5.75 Å². The highest BCUT2D eigenvalue weighted by Gasteiger charge is 2.29. The Balaban J connectivity index is 1.66. The molecule has 0 aliphatic carbocycles. The van der Waals surface area contributed by atoms with E-state index in [1.165, 1.54) is 12.3 Å². The number of amides is 1. The summed E-state index contributed by atoms with van der Waals surface area (Å²) >= 11 is 0. The van der Waals surface area contributed by atoms with Crippen LogP contribution < -0.4 is 10.3 Å². The largest absolute Gasteiger partial charge is 0.488 e. The van der Waals surface area contributed by atoms with Crippen LogP contribution in [-0.2, 0) is 7.05 Å². The summed E-state index contributed by atoms with van der Waals surface area (Å²) in [5, 5.41) is 0. The van der Waals surface area contributed by atoms with Gasteiger partial charge < -0.3 is 14.2 Å². The predicted octanol–water partition coefficient (Wildman–Crippen LogP) is 1.09. The summed E-state index contributed by atoms with van der Waals surface area (Å²) in [4.78, 5) is 34.2. The molecule has 1 saturated heterocycles. The Labute approximate surface area is 139 Å². The van der Waals surface area contributed by atoms with Crippen molar-refractivity contribution in [1.82, 2.24) is 19.4 Å². The van der Waals surface area contributed by atoms with E-state index in [0.29, 0.717) is 24.5 Å². The van der Waals surface area contributed by atoms with Gasteiger partial charge in [-0.3, -0.25) is 14.6 Å². The molecule has 2 aromatic rings. The SMILES string of the molecule is Cc1cnc(C(=O)N2CCC(Oc3cc(C)n(C)c(=O)c3)C2)cn1. The van der Waals surface area contributed by atoms with E-state index < -0.39 is 0 Å². The van der Waals surface area contributed by atoms with E-state index in [-0.39, 0.29) is 17.6 Å². The zero-order chi connectivity index (χ0) is 17.3. The minimum Gasteiger partial charge on any atom is -0.488 e. The van der Waals surface area contributed by atoms with E-state index >= 15 is 0 Å². The zero-order valence-electron chi connectivity index (χ0n) is 14.0. The molecule has 3 rings (SSSR count). The highest BCUT2D eigenvalue weighted by molar-refractivity contribution is 5.92. The maximum Gasteiger partial charge on any atom is 0.274 e. The number of carbonyl (C=O) groups is 1. The Morgan fingerprint density at radius 3 is 2.71 bits per heavy atom. The molecule has 126 valence electrons. The molecule has 24 heavy (non-hydrogen) atoms. The van der Waals surface area contributed by atoms with Gasteiger partial charge in [-0.15, -0.1) is 0 Å². The van der Waals surface area contributed by atoms with Gasteiger partial charge in [-0.25, -0.2) is 4.98 Å². The molecule has 0 radical (unpaired) electrons. The molecular formula is C17H20N4O3. The van der Waals surface area contributed by atoms with Crippen LogP contribution in [0.2, 0.25) is 0 Å². The van der Waals surface area contributed by atoms with E-state index in [1.54, 1.807) is 22.7 Å². The van der Waals surface area contributed by atoms with Crippen LogP contribution in [0.5, 0.6) is 5.75 Å². The Morgan fingerprint density at radius 1 is 1.25 bits per heavy atom. The summed E-state index contributed by atoms with van der Waals surface area (Å²) in [5.74, 6) is 0.402. The third-order valence-electron chi connectivity index (χ3n) is 4.21. The lowest BCUT2D eigenvalue weighted by Gasteiger charge is -2.17. The molecule has 1 fully saturated rings. The summed E-state index contributed by atoms with van der Waals surface area (Å²) in [7, 11) is 1.72. The lowest BCUT2D eigenvalue weighted by atomic mass is 10.3. The van der Waals surface area contributed by atoms with Crippen LogP contribution in [0.1, 0.15) is 28.3 Å². The van der Waals surface area contributed by atoms with Crippen LogP contribution >= 0.6 is 0 Å². The fraction of sp³-hybridized carbons (Fsp3) is 0.412. The number of nitrogens with zero attached hydrogens (tertiary/aromatic N) is 4. The van der Waals surface area contributed by atoms with Crippen molar-refractivity contribution in [2.45, 2.75) is 26.4 Å². The lowest BCUT2D eigenvalue weighted by molar-refractivity contribution is 0.0766. The van der Waals surface area contributed by atoms with E-state index in [1.807, 2.05) is 19.9 Å². The molecule has 7 heteroatoms. The van der Waals surface area contributed by atoms with Gasteiger partial charge in [0.05, 0.1) is 18.4 Å². The number of aryl methyl sites for hydroxylation is 2. The van der Waals surface area contributed by atoms with Crippen LogP contribution in [0.3, 0.4) is 0 Å². The average Bonchev–Trinajstić information content (AvgIpc) is 3.01. The fourth-order valence-electron chi connectivity index (χ4n) is 2.67. The first-order valence-corrected chi connectivity index (χ1v) is 7.86. The summed E-state index contributed by atoms with van der Waals surface area (Å²) in [6, 6.07) is 3.31. The van der Waals surface area contributed by atoms with Crippen LogP contribution in [0, 0.1) is 13.8 Å². The summed E-state index contributed by atoms with van der Waals surface area (Å²) in [6.07, 6.45) is 3.67. The van der Waals surface area contributed by atoms with Crippen molar-refractivity contribution in [3.63, 3.8) is 0 Å². The highest BCUT2D eigenvalue weighted by Crippen LogP contribution is 2.19. The van der Waals surface area contributed by atoms with Gasteiger partial charge >= 0.3 is 0 Å². The van der Waals surface area contributed by atoms with Gasteiger partial charge in [-0.2, -0.15) is 0 Å². The van der Waals surface area contributed by atoms with Crippen molar-refractivity contribution >= 4 is 5.91 Å². The van der Waals surface area contributed by atoms with Gasteiger partial charge in [0, 0.05) is 38.0 Å². The third-order valence-corrected chi connectivity index (χ3v) is 4.21. The Bertz CT molecular complexity index is 814. The number of hydrogen-bond donors (Lipinski definition) is 0. The second-order valence-corrected chi connectivity index (χ2v) is 6.05. The number of hydrogen-bond acceptors (Lipinski definition) is 5. The molecule has 2 aromatic heterocycles. The monoisotopic (exact) mass is 328 g/mol. The molecule has 0 aromatic carbocycles. The van der Waals surface area contributed by atoms with Crippen molar-refractivity contribution in [2.75, 3.05) is 13.1 Å². The van der Waals surface area contributed by atoms with E-state index in [4.69, 9.17) is 4.74 Å². The molecule has 1 aliphatic heterocycles. The normalized spacial score (nSPS) is 17.1. The first kappa shape index (κ1) is 16.2. The van der Waals surface area contributed by atoms with E-state index in [9.17, 15) is 9.59 Å². The summed E-state index contributed by atoms with van der Waals surface area (Å²) in [6.45, 7) is 4.76. The standard InChI is InChI=1S/C17H20N4O3/c1-11-8-19-15(9-18-11)17(23)21-5-4-13(10-21)24-14-6-12(2)20(3)16(22)7-14/h6-9,13H,4-5,10H2,1-3H3. The van der Waals surface area contributed by atoms with Crippen molar-refractivity contribution in [1.29, 1.82) is 0 Å². The maximum absolute atomic E-state index is 12.4. The van der Waals surface area contributed by atoms with E-state index in [0.717, 1.165) is 17.8 Å². The molecule has 0 bridgehead atoms. The van der Waals surface area contributed by atoms with Crippen molar-refractivity contribution < 1.29 is 9.53 Å². The third kappa shape index (κ3) is 3.29. The maximum atomic E-state index is 12.4. The molecule has 7 nitrogen and oxygen atoms in total. The van der Waals surface area contributed by atoms with Crippen LogP contribution in [0.15, 0.2) is 29.3 Å². The topological polar surface area (TPSA) is 77.3 Å². The molecule has 1 amide bonds. The minimum atomic E-state index is -0.145. The van der Waals surface area contributed by atoms with Crippen LogP contribution in [0.25, 0.3) is 0 Å². The summed E-state index contributed by atoms with van der Waals surface area (Å²) in [5.41, 5.74) is 1.84. The molecule has 0 N–H and O–H groups in total. The van der Waals surface area contributed by atoms with Gasteiger partial charge in [0.15, 0.2) is 0 Å². The molecule has 0 saturated carbocycles. The van der Waals surface area contributed by atoms with E-state index in [2.05, 4.69) is 9.97 Å². The van der Waals surface area contributed by atoms with Gasteiger partial charge in [0.25, 0.3) is 11.5 Å². The number of rotatable bonds is 3. The zero-order valence-corrected chi connectivity index (χ0v) is 14.0. The Morgan fingerprint density at radius 2 is 2.04 bits per heavy atom. The molecule has 1 aliphatic rings. The number of ether oxygens (including phenoxy) is 1. The number of carbonyl (C=O) groups excluding carboxylic acids is 1. The molecule has 0 spiro atoms. The van der Waals surface area contributed by atoms with Gasteiger partial charge in [-0.1, -0.05) is 0 Å². The van der Waals surface area contributed by atoms with Crippen LogP contribution in [0.4, 0.5) is 0 Å². The number of pyridine rings is 1. The van der Waals surface area contributed by atoms with Crippen LogP contribution in [-0.4, -0.2) is 44.5 Å². The Kier molecular flexibility index (Phi) is 4.33. The van der Waals surface area contributed by atoms with Crippen molar-refractivity contribution in [3.05, 3.63) is 52.0 Å². The van der Waals surface area contributed by atoms with Gasteiger partial charge in [-0.05, 0) is 19.9 Å². The number of likely N-dealkylation sites (tertiary alicyclic amines) is 1. The molecule has 1 atom stereocenters. The first-order valence-electron chi connectivity index (χ1n) is 7.86. The van der Waals surface area contributed by atoms with Gasteiger partial charge in [0.1, 0.15) is 17.5 Å². The minimum absolute atomic E-state index is 0.106. The average molecular weight is 328 g/mol. The quantitative estimate of drug-likeness (QED) is 0.843. The second kappa shape index (κ2) is 6.43. The van der Waals surface area contributed by atoms with Crippen molar-refractivity contribution in [2.24, 2.45) is 7.05 Å². The lowest BCUT2D eigenvalue weighted by Crippen LogP contribution is -2.31.